The topological polar surface area (TPSA) is 72.2 Å². The van der Waals surface area contributed by atoms with Crippen LogP contribution in [0.25, 0.3) is 10.8 Å². The van der Waals surface area contributed by atoms with Crippen molar-refractivity contribution in [1.82, 2.24) is 5.16 Å². The number of aromatic nitrogens is 1. The summed E-state index contributed by atoms with van der Waals surface area (Å²) in [6.45, 7) is 3.18. The molecule has 1 N–H and O–H groups in total. The molecule has 2 aromatic carbocycles. The molecule has 0 aliphatic rings. The number of hydrogen-bond acceptors (Lipinski definition) is 4. The van der Waals surface area contributed by atoms with Gasteiger partial charge in [-0.15, -0.1) is 0 Å². The summed E-state index contributed by atoms with van der Waals surface area (Å²) in [5.74, 6) is 0.279. The largest absolute Gasteiger partial charge is 0.360 e. The van der Waals surface area contributed by atoms with Crippen molar-refractivity contribution in [3.8, 4) is 0 Å². The van der Waals surface area contributed by atoms with Crippen molar-refractivity contribution in [1.29, 1.82) is 0 Å². The summed E-state index contributed by atoms with van der Waals surface area (Å²) in [5, 5.41) is 5.70. The maximum absolute atomic E-state index is 12.4. The summed E-state index contributed by atoms with van der Waals surface area (Å²) in [7, 11) is -3.71. The molecule has 0 fully saturated rings. The molecule has 0 spiro atoms. The van der Waals surface area contributed by atoms with Crippen molar-refractivity contribution < 1.29 is 12.9 Å². The maximum atomic E-state index is 12.4. The fraction of sp³-hybridized carbons (Fsp3) is 0.133. The summed E-state index contributed by atoms with van der Waals surface area (Å²) >= 11 is 0. The van der Waals surface area contributed by atoms with Crippen LogP contribution in [0.3, 0.4) is 0 Å². The Kier molecular flexibility index (Phi) is 3.17. The SMILES string of the molecule is Cc1noc(C)c1S(=O)(=O)Nc1ccc2ccccc2c1. The van der Waals surface area contributed by atoms with Gasteiger partial charge in [-0.05, 0) is 36.8 Å². The van der Waals surface area contributed by atoms with E-state index >= 15 is 0 Å². The number of fused-ring (bicyclic) bond motifs is 1. The second-order valence-electron chi connectivity index (χ2n) is 4.82. The van der Waals surface area contributed by atoms with E-state index in [2.05, 4.69) is 9.88 Å². The number of anilines is 1. The third-order valence-corrected chi connectivity index (χ3v) is 4.86. The van der Waals surface area contributed by atoms with E-state index < -0.39 is 10.0 Å². The number of benzene rings is 2. The minimum Gasteiger partial charge on any atom is -0.360 e. The highest BCUT2D eigenvalue weighted by molar-refractivity contribution is 7.92. The van der Waals surface area contributed by atoms with Gasteiger partial charge in [0.05, 0.1) is 0 Å². The standard InChI is InChI=1S/C15H14N2O3S/c1-10-15(11(2)20-16-10)21(18,19)17-14-8-7-12-5-3-4-6-13(12)9-14/h3-9,17H,1-2H3. The molecule has 0 radical (unpaired) electrons. The quantitative estimate of drug-likeness (QED) is 0.806. The molecule has 21 heavy (non-hydrogen) atoms. The Morgan fingerprint density at radius 2 is 1.76 bits per heavy atom. The van der Waals surface area contributed by atoms with Crippen LogP contribution in [0.4, 0.5) is 5.69 Å². The molecule has 1 heterocycles. The van der Waals surface area contributed by atoms with Gasteiger partial charge in [-0.1, -0.05) is 35.5 Å². The highest BCUT2D eigenvalue weighted by Crippen LogP contribution is 2.24. The molecule has 3 aromatic rings. The van der Waals surface area contributed by atoms with Crippen molar-refractivity contribution in [3.05, 3.63) is 53.9 Å². The third-order valence-electron chi connectivity index (χ3n) is 3.24. The minimum atomic E-state index is -3.71. The summed E-state index contributed by atoms with van der Waals surface area (Å²) in [6.07, 6.45) is 0. The van der Waals surface area contributed by atoms with Crippen molar-refractivity contribution in [2.24, 2.45) is 0 Å². The smallest absolute Gasteiger partial charge is 0.267 e. The van der Waals surface area contributed by atoms with E-state index in [4.69, 9.17) is 4.52 Å². The van der Waals surface area contributed by atoms with Crippen LogP contribution < -0.4 is 4.72 Å². The van der Waals surface area contributed by atoms with Gasteiger partial charge in [0.15, 0.2) is 10.7 Å². The van der Waals surface area contributed by atoms with Gasteiger partial charge in [0.2, 0.25) is 0 Å². The fourth-order valence-corrected chi connectivity index (χ4v) is 3.70. The van der Waals surface area contributed by atoms with E-state index in [1.807, 2.05) is 30.3 Å². The lowest BCUT2D eigenvalue weighted by Gasteiger charge is -2.08. The van der Waals surface area contributed by atoms with Gasteiger partial charge in [-0.25, -0.2) is 8.42 Å². The van der Waals surface area contributed by atoms with Crippen LogP contribution in [-0.2, 0) is 10.0 Å². The molecule has 3 rings (SSSR count). The Bertz CT molecular complexity index is 894. The van der Waals surface area contributed by atoms with Crippen LogP contribution in [0.2, 0.25) is 0 Å². The first kappa shape index (κ1) is 13.6. The van der Waals surface area contributed by atoms with Crippen molar-refractivity contribution >= 4 is 26.5 Å². The number of nitrogens with zero attached hydrogens (tertiary/aromatic N) is 1. The Balaban J connectivity index is 2.01. The highest BCUT2D eigenvalue weighted by atomic mass is 32.2. The van der Waals surface area contributed by atoms with Crippen LogP contribution in [-0.4, -0.2) is 13.6 Å². The van der Waals surface area contributed by atoms with Gasteiger partial charge in [-0.2, -0.15) is 0 Å². The zero-order chi connectivity index (χ0) is 15.0. The zero-order valence-electron chi connectivity index (χ0n) is 11.6. The first-order valence-electron chi connectivity index (χ1n) is 6.42. The van der Waals surface area contributed by atoms with E-state index in [0.29, 0.717) is 11.4 Å². The number of rotatable bonds is 3. The van der Waals surface area contributed by atoms with Crippen LogP contribution in [0.15, 0.2) is 51.9 Å². The van der Waals surface area contributed by atoms with Crippen molar-refractivity contribution in [3.63, 3.8) is 0 Å². The fourth-order valence-electron chi connectivity index (χ4n) is 2.32. The van der Waals surface area contributed by atoms with Gasteiger partial charge in [0.1, 0.15) is 5.69 Å². The molecule has 0 saturated heterocycles. The van der Waals surface area contributed by atoms with Crippen molar-refractivity contribution in [2.75, 3.05) is 4.72 Å². The second-order valence-corrected chi connectivity index (χ2v) is 6.44. The Labute approximate surface area is 122 Å². The Hall–Kier alpha value is -2.34. The predicted molar refractivity (Wildman–Crippen MR) is 80.7 cm³/mol. The van der Waals surface area contributed by atoms with Gasteiger partial charge in [-0.3, -0.25) is 4.72 Å². The van der Waals surface area contributed by atoms with Crippen LogP contribution >= 0.6 is 0 Å². The first-order valence-corrected chi connectivity index (χ1v) is 7.90. The molecule has 0 amide bonds. The molecule has 5 nitrogen and oxygen atoms in total. The Morgan fingerprint density at radius 3 is 2.43 bits per heavy atom. The number of hydrogen-bond donors (Lipinski definition) is 1. The monoisotopic (exact) mass is 302 g/mol. The molecule has 0 bridgehead atoms. The van der Waals surface area contributed by atoms with E-state index in [-0.39, 0.29) is 10.7 Å². The lowest BCUT2D eigenvalue weighted by atomic mass is 10.1. The lowest BCUT2D eigenvalue weighted by molar-refractivity contribution is 0.390. The number of aryl methyl sites for hydroxylation is 2. The van der Waals surface area contributed by atoms with Crippen molar-refractivity contribution in [2.45, 2.75) is 18.7 Å². The summed E-state index contributed by atoms with van der Waals surface area (Å²) in [6, 6.07) is 13.2. The average molecular weight is 302 g/mol. The van der Waals surface area contributed by atoms with Gasteiger partial charge < -0.3 is 4.52 Å². The lowest BCUT2D eigenvalue weighted by Crippen LogP contribution is -2.14. The molecule has 0 saturated carbocycles. The average Bonchev–Trinajstić information content (AvgIpc) is 2.78. The number of sulfonamides is 1. The van der Waals surface area contributed by atoms with E-state index in [1.165, 1.54) is 0 Å². The molecule has 6 heteroatoms. The molecule has 0 unspecified atom stereocenters. The molecular formula is C15H14N2O3S. The summed E-state index contributed by atoms with van der Waals surface area (Å²) in [4.78, 5) is 0.0932. The highest BCUT2D eigenvalue weighted by Gasteiger charge is 2.24. The minimum absolute atomic E-state index is 0.0932. The normalized spacial score (nSPS) is 11.7. The maximum Gasteiger partial charge on any atom is 0.267 e. The molecule has 0 aliphatic carbocycles. The van der Waals surface area contributed by atoms with Gasteiger partial charge in [0.25, 0.3) is 10.0 Å². The molecule has 108 valence electrons. The Morgan fingerprint density at radius 1 is 1.05 bits per heavy atom. The molecule has 1 aromatic heterocycles. The predicted octanol–water partition coefficient (Wildman–Crippen LogP) is 3.25. The third kappa shape index (κ3) is 2.50. The molecule has 0 atom stereocenters. The van der Waals surface area contributed by atoms with Gasteiger partial charge >= 0.3 is 0 Å². The zero-order valence-corrected chi connectivity index (χ0v) is 12.4. The number of nitrogens with one attached hydrogen (secondary N) is 1. The summed E-state index contributed by atoms with van der Waals surface area (Å²) in [5.41, 5.74) is 0.856. The van der Waals surface area contributed by atoms with Crippen LogP contribution in [0, 0.1) is 13.8 Å². The van der Waals surface area contributed by atoms with Crippen LogP contribution in [0.1, 0.15) is 11.5 Å². The van der Waals surface area contributed by atoms with E-state index in [0.717, 1.165) is 10.8 Å². The first-order chi connectivity index (χ1) is 9.97. The van der Waals surface area contributed by atoms with Crippen LogP contribution in [0.5, 0.6) is 0 Å². The van der Waals surface area contributed by atoms with Gasteiger partial charge in [0, 0.05) is 5.69 Å². The molecule has 0 aliphatic heterocycles. The van der Waals surface area contributed by atoms with E-state index in [9.17, 15) is 8.42 Å². The summed E-state index contributed by atoms with van der Waals surface area (Å²) < 4.78 is 32.3. The van der Waals surface area contributed by atoms with E-state index in [1.54, 1.807) is 26.0 Å². The molecular weight excluding hydrogens is 288 g/mol. The second kappa shape index (κ2) is 4.89.